The van der Waals surface area contributed by atoms with E-state index in [0.717, 1.165) is 12.5 Å². The third kappa shape index (κ3) is 3.32. The second kappa shape index (κ2) is 6.93. The van der Waals surface area contributed by atoms with Crippen LogP contribution in [0.25, 0.3) is 0 Å². The Hall–Kier alpha value is -0.860. The molecular formula is C19H32N2. The summed E-state index contributed by atoms with van der Waals surface area (Å²) in [6.07, 6.45) is 5.25. The Morgan fingerprint density at radius 3 is 2.38 bits per heavy atom. The molecule has 0 radical (unpaired) electrons. The van der Waals surface area contributed by atoms with Crippen molar-refractivity contribution in [2.75, 3.05) is 20.6 Å². The Kier molecular flexibility index (Phi) is 5.45. The quantitative estimate of drug-likeness (QED) is 0.875. The number of benzene rings is 1. The van der Waals surface area contributed by atoms with Crippen molar-refractivity contribution in [1.82, 2.24) is 10.2 Å². The average molecular weight is 288 g/mol. The second-order valence-electron chi connectivity index (χ2n) is 7.03. The van der Waals surface area contributed by atoms with Gasteiger partial charge < -0.3 is 10.2 Å². The van der Waals surface area contributed by atoms with Gasteiger partial charge in [0.15, 0.2) is 0 Å². The van der Waals surface area contributed by atoms with Crippen LogP contribution in [0.15, 0.2) is 24.3 Å². The van der Waals surface area contributed by atoms with Gasteiger partial charge in [-0.05, 0) is 70.3 Å². The fourth-order valence-electron chi connectivity index (χ4n) is 3.96. The van der Waals surface area contributed by atoms with Gasteiger partial charge in [-0.1, -0.05) is 38.1 Å². The van der Waals surface area contributed by atoms with Gasteiger partial charge in [-0.15, -0.1) is 0 Å². The van der Waals surface area contributed by atoms with Crippen LogP contribution < -0.4 is 5.32 Å². The highest BCUT2D eigenvalue weighted by atomic mass is 15.2. The molecule has 1 atom stereocenters. The zero-order valence-electron chi connectivity index (χ0n) is 14.4. The van der Waals surface area contributed by atoms with Crippen molar-refractivity contribution in [2.24, 2.45) is 5.92 Å². The van der Waals surface area contributed by atoms with Crippen LogP contribution in [0.2, 0.25) is 0 Å². The molecule has 21 heavy (non-hydrogen) atoms. The third-order valence-corrected chi connectivity index (χ3v) is 5.48. The molecule has 0 spiro atoms. The summed E-state index contributed by atoms with van der Waals surface area (Å²) in [7, 11) is 4.53. The highest BCUT2D eigenvalue weighted by Gasteiger charge is 2.43. The van der Waals surface area contributed by atoms with Crippen LogP contribution in [0.3, 0.4) is 0 Å². The van der Waals surface area contributed by atoms with E-state index in [1.54, 1.807) is 0 Å². The molecule has 2 rings (SSSR count). The minimum absolute atomic E-state index is 0.245. The smallest absolute Gasteiger partial charge is 0.0509 e. The number of likely N-dealkylation sites (N-methyl/N-ethyl adjacent to an activating group) is 2. The van der Waals surface area contributed by atoms with Crippen LogP contribution in [0.1, 0.15) is 56.7 Å². The van der Waals surface area contributed by atoms with Crippen molar-refractivity contribution in [1.29, 1.82) is 0 Å². The molecular weight excluding hydrogens is 256 g/mol. The van der Waals surface area contributed by atoms with E-state index in [0.29, 0.717) is 6.04 Å². The normalized spacial score (nSPS) is 27.8. The van der Waals surface area contributed by atoms with Crippen LogP contribution in [-0.2, 0) is 0 Å². The highest BCUT2D eigenvalue weighted by Crippen LogP contribution is 2.44. The molecule has 118 valence electrons. The molecule has 1 aliphatic rings. The maximum atomic E-state index is 3.80. The summed E-state index contributed by atoms with van der Waals surface area (Å²) < 4.78 is 0. The molecule has 0 saturated heterocycles. The fourth-order valence-corrected chi connectivity index (χ4v) is 3.96. The van der Waals surface area contributed by atoms with Gasteiger partial charge in [0.05, 0.1) is 6.04 Å². The van der Waals surface area contributed by atoms with Crippen molar-refractivity contribution in [3.63, 3.8) is 0 Å². The molecule has 0 aliphatic heterocycles. The third-order valence-electron chi connectivity index (χ3n) is 5.48. The maximum Gasteiger partial charge on any atom is 0.0509 e. The molecule has 0 heterocycles. The van der Waals surface area contributed by atoms with Crippen LogP contribution in [0.5, 0.6) is 0 Å². The highest BCUT2D eigenvalue weighted by molar-refractivity contribution is 5.32. The van der Waals surface area contributed by atoms with Crippen molar-refractivity contribution < 1.29 is 0 Å². The van der Waals surface area contributed by atoms with E-state index < -0.39 is 0 Å². The van der Waals surface area contributed by atoms with Crippen LogP contribution in [0.4, 0.5) is 0 Å². The van der Waals surface area contributed by atoms with E-state index in [2.05, 4.69) is 69.3 Å². The Morgan fingerprint density at radius 1 is 1.24 bits per heavy atom. The number of aryl methyl sites for hydroxylation is 1. The maximum absolute atomic E-state index is 3.80. The van der Waals surface area contributed by atoms with E-state index in [-0.39, 0.29) is 5.54 Å². The number of nitrogens with zero attached hydrogens (tertiary/aromatic N) is 1. The van der Waals surface area contributed by atoms with Gasteiger partial charge >= 0.3 is 0 Å². The standard InChI is InChI=1S/C19H32N2/c1-6-20-18(17-10-8-7-9-16(17)3)19(21(4)5)13-11-15(2)12-14-19/h7-10,15,18,20H,6,11-14H2,1-5H3. The first kappa shape index (κ1) is 16.5. The van der Waals surface area contributed by atoms with Gasteiger partial charge in [0, 0.05) is 5.54 Å². The van der Waals surface area contributed by atoms with Gasteiger partial charge in [-0.2, -0.15) is 0 Å². The Balaban J connectivity index is 2.40. The van der Waals surface area contributed by atoms with Crippen molar-refractivity contribution in [3.8, 4) is 0 Å². The predicted molar refractivity (Wildman–Crippen MR) is 91.6 cm³/mol. The molecule has 0 bridgehead atoms. The molecule has 0 amide bonds. The lowest BCUT2D eigenvalue weighted by molar-refractivity contribution is 0.0432. The first-order valence-corrected chi connectivity index (χ1v) is 8.47. The lowest BCUT2D eigenvalue weighted by Gasteiger charge is -2.50. The Bertz CT molecular complexity index is 445. The zero-order chi connectivity index (χ0) is 15.5. The Labute approximate surface area is 130 Å². The lowest BCUT2D eigenvalue weighted by Crippen LogP contribution is -2.55. The topological polar surface area (TPSA) is 15.3 Å². The SMILES string of the molecule is CCNC(c1ccccc1C)C1(N(C)C)CCC(C)CC1. The minimum atomic E-state index is 0.245. The van der Waals surface area contributed by atoms with Crippen molar-refractivity contribution in [3.05, 3.63) is 35.4 Å². The summed E-state index contributed by atoms with van der Waals surface area (Å²) in [6.45, 7) is 7.88. The van der Waals surface area contributed by atoms with Crippen molar-refractivity contribution >= 4 is 0 Å². The zero-order valence-corrected chi connectivity index (χ0v) is 14.4. The number of nitrogens with one attached hydrogen (secondary N) is 1. The number of hydrogen-bond donors (Lipinski definition) is 1. The van der Waals surface area contributed by atoms with Crippen LogP contribution in [0, 0.1) is 12.8 Å². The van der Waals surface area contributed by atoms with Crippen LogP contribution in [-0.4, -0.2) is 31.1 Å². The monoisotopic (exact) mass is 288 g/mol. The molecule has 1 fully saturated rings. The number of rotatable bonds is 5. The molecule has 1 aromatic carbocycles. The first-order valence-electron chi connectivity index (χ1n) is 8.47. The van der Waals surface area contributed by atoms with E-state index in [1.807, 2.05) is 0 Å². The van der Waals surface area contributed by atoms with E-state index in [1.165, 1.54) is 36.8 Å². The molecule has 1 N–H and O–H groups in total. The number of hydrogen-bond acceptors (Lipinski definition) is 2. The predicted octanol–water partition coefficient (Wildman–Crippen LogP) is 4.16. The summed E-state index contributed by atoms with van der Waals surface area (Å²) in [4.78, 5) is 2.48. The van der Waals surface area contributed by atoms with Gasteiger partial charge in [0.25, 0.3) is 0 Å². The fraction of sp³-hybridized carbons (Fsp3) is 0.684. The average Bonchev–Trinajstić information content (AvgIpc) is 2.47. The molecule has 1 saturated carbocycles. The van der Waals surface area contributed by atoms with Gasteiger partial charge in [-0.25, -0.2) is 0 Å². The molecule has 1 unspecified atom stereocenters. The summed E-state index contributed by atoms with van der Waals surface area (Å²) in [5.74, 6) is 0.872. The Morgan fingerprint density at radius 2 is 1.86 bits per heavy atom. The van der Waals surface area contributed by atoms with Gasteiger partial charge in [0.2, 0.25) is 0 Å². The summed E-state index contributed by atoms with van der Waals surface area (Å²) in [5.41, 5.74) is 3.13. The van der Waals surface area contributed by atoms with E-state index in [4.69, 9.17) is 0 Å². The van der Waals surface area contributed by atoms with Gasteiger partial charge in [0.1, 0.15) is 0 Å². The van der Waals surface area contributed by atoms with E-state index in [9.17, 15) is 0 Å². The first-order chi connectivity index (χ1) is 10.0. The minimum Gasteiger partial charge on any atom is -0.309 e. The van der Waals surface area contributed by atoms with E-state index >= 15 is 0 Å². The molecule has 1 aliphatic carbocycles. The van der Waals surface area contributed by atoms with Crippen LogP contribution >= 0.6 is 0 Å². The largest absolute Gasteiger partial charge is 0.309 e. The molecule has 2 nitrogen and oxygen atoms in total. The lowest BCUT2D eigenvalue weighted by atomic mass is 9.69. The molecule has 2 heteroatoms. The molecule has 1 aromatic rings. The summed E-state index contributed by atoms with van der Waals surface area (Å²) in [5, 5.41) is 3.80. The summed E-state index contributed by atoms with van der Waals surface area (Å²) in [6, 6.07) is 9.31. The summed E-state index contributed by atoms with van der Waals surface area (Å²) >= 11 is 0. The van der Waals surface area contributed by atoms with Crippen molar-refractivity contribution in [2.45, 2.75) is 58.0 Å². The molecule has 0 aromatic heterocycles. The van der Waals surface area contributed by atoms with Gasteiger partial charge in [-0.3, -0.25) is 0 Å². The second-order valence-corrected chi connectivity index (χ2v) is 7.03.